The summed E-state index contributed by atoms with van der Waals surface area (Å²) in [6.07, 6.45) is -2.02. The highest BCUT2D eigenvalue weighted by atomic mass is 16.4. The molecule has 0 radical (unpaired) electrons. The summed E-state index contributed by atoms with van der Waals surface area (Å²) in [5.41, 5.74) is 15.5. The quantitative estimate of drug-likeness (QED) is 0.0640. The highest BCUT2D eigenvalue weighted by molar-refractivity contribution is 5.94. The van der Waals surface area contributed by atoms with Crippen molar-refractivity contribution in [2.45, 2.75) is 56.8 Å². The van der Waals surface area contributed by atoms with Crippen LogP contribution in [0.5, 0.6) is 0 Å². The van der Waals surface area contributed by atoms with E-state index in [-0.39, 0.29) is 31.8 Å². The van der Waals surface area contributed by atoms with Gasteiger partial charge in [0.25, 0.3) is 0 Å². The van der Waals surface area contributed by atoms with Crippen LogP contribution in [0.15, 0.2) is 4.99 Å². The van der Waals surface area contributed by atoms with Crippen molar-refractivity contribution < 1.29 is 39.3 Å². The maximum absolute atomic E-state index is 12.5. The summed E-state index contributed by atoms with van der Waals surface area (Å²) in [7, 11) is 0. The fraction of sp³-hybridized carbons (Fsp3) is 0.647. The second-order valence-corrected chi connectivity index (χ2v) is 6.83. The molecule has 0 saturated heterocycles. The molecule has 32 heavy (non-hydrogen) atoms. The number of guanidine groups is 1. The van der Waals surface area contributed by atoms with Crippen LogP contribution < -0.4 is 33.2 Å². The minimum atomic E-state index is -1.58. The van der Waals surface area contributed by atoms with Gasteiger partial charge in [0, 0.05) is 13.0 Å². The van der Waals surface area contributed by atoms with Gasteiger partial charge in [-0.25, -0.2) is 4.79 Å². The van der Waals surface area contributed by atoms with Crippen LogP contribution in [0.1, 0.15) is 32.6 Å². The third kappa shape index (κ3) is 11.7. The number of hydrogen-bond donors (Lipinski definition) is 9. The molecule has 0 fully saturated rings. The Morgan fingerprint density at radius 3 is 2.03 bits per heavy atom. The molecule has 12 N–H and O–H groups in total. The number of nitrogens with zero attached hydrogens (tertiary/aromatic N) is 1. The summed E-state index contributed by atoms with van der Waals surface area (Å²) >= 11 is 0. The molecule has 15 nitrogen and oxygen atoms in total. The summed E-state index contributed by atoms with van der Waals surface area (Å²) in [4.78, 5) is 62.5. The number of rotatable bonds is 15. The Morgan fingerprint density at radius 2 is 1.56 bits per heavy atom. The zero-order valence-corrected chi connectivity index (χ0v) is 17.6. The van der Waals surface area contributed by atoms with Crippen LogP contribution in [-0.2, 0) is 24.0 Å². The van der Waals surface area contributed by atoms with Crippen molar-refractivity contribution in [1.29, 1.82) is 0 Å². The number of nitrogens with one attached hydrogen (secondary N) is 3. The third-order valence-electron chi connectivity index (χ3n) is 4.11. The number of carboxylic acid groups (broad SMARTS) is 2. The van der Waals surface area contributed by atoms with Gasteiger partial charge in [0.2, 0.25) is 17.7 Å². The maximum Gasteiger partial charge on any atom is 0.326 e. The van der Waals surface area contributed by atoms with Crippen LogP contribution in [0, 0.1) is 0 Å². The molecule has 4 unspecified atom stereocenters. The monoisotopic (exact) mass is 461 g/mol. The van der Waals surface area contributed by atoms with E-state index in [2.05, 4.69) is 20.9 Å². The topological polar surface area (TPSA) is 273 Å². The maximum atomic E-state index is 12.5. The first-order valence-corrected chi connectivity index (χ1v) is 9.67. The Bertz CT molecular complexity index is 709. The van der Waals surface area contributed by atoms with Gasteiger partial charge in [-0.05, 0) is 26.2 Å². The van der Waals surface area contributed by atoms with Gasteiger partial charge in [0.05, 0.1) is 12.6 Å². The van der Waals surface area contributed by atoms with Gasteiger partial charge in [-0.1, -0.05) is 0 Å². The lowest BCUT2D eigenvalue weighted by Crippen LogP contribution is -2.59. The molecule has 0 heterocycles. The number of carbonyl (C=O) groups excluding carboxylic acids is 3. The van der Waals surface area contributed by atoms with Crippen LogP contribution in [0.25, 0.3) is 0 Å². The molecule has 15 heteroatoms. The number of carboxylic acids is 2. The SMILES string of the molecule is CC(O)C(NC(=O)C(CCC(=O)O)NC(=O)CN)C(=O)NC(CCCN=C(N)N)C(=O)O. The highest BCUT2D eigenvalue weighted by Crippen LogP contribution is 2.04. The van der Waals surface area contributed by atoms with Crippen molar-refractivity contribution in [1.82, 2.24) is 16.0 Å². The van der Waals surface area contributed by atoms with Crippen LogP contribution in [-0.4, -0.2) is 88.3 Å². The minimum Gasteiger partial charge on any atom is -0.481 e. The molecule has 182 valence electrons. The predicted octanol–water partition coefficient (Wildman–Crippen LogP) is -4.22. The van der Waals surface area contributed by atoms with Crippen LogP contribution in [0.2, 0.25) is 0 Å². The number of aliphatic hydroxyl groups excluding tert-OH is 1. The third-order valence-corrected chi connectivity index (χ3v) is 4.11. The first-order valence-electron chi connectivity index (χ1n) is 9.67. The Morgan fingerprint density at radius 1 is 0.938 bits per heavy atom. The number of aliphatic hydroxyl groups is 1. The average molecular weight is 461 g/mol. The molecule has 0 aliphatic heterocycles. The first kappa shape index (κ1) is 28.5. The summed E-state index contributed by atoms with van der Waals surface area (Å²) in [5.74, 6) is -5.43. The highest BCUT2D eigenvalue weighted by Gasteiger charge is 2.32. The van der Waals surface area contributed by atoms with E-state index < -0.39 is 66.9 Å². The summed E-state index contributed by atoms with van der Waals surface area (Å²) in [6.45, 7) is 0.853. The Kier molecular flexibility index (Phi) is 13.0. The predicted molar refractivity (Wildman–Crippen MR) is 111 cm³/mol. The molecule has 0 aromatic rings. The summed E-state index contributed by atoms with van der Waals surface area (Å²) < 4.78 is 0. The van der Waals surface area contributed by atoms with Gasteiger partial charge in [-0.15, -0.1) is 0 Å². The van der Waals surface area contributed by atoms with Crippen LogP contribution >= 0.6 is 0 Å². The van der Waals surface area contributed by atoms with E-state index in [1.165, 1.54) is 6.92 Å². The van der Waals surface area contributed by atoms with Crippen LogP contribution in [0.4, 0.5) is 0 Å². The van der Waals surface area contributed by atoms with E-state index in [0.29, 0.717) is 0 Å². The Hall–Kier alpha value is -3.46. The van der Waals surface area contributed by atoms with Gasteiger partial charge in [-0.2, -0.15) is 0 Å². The summed E-state index contributed by atoms with van der Waals surface area (Å²) in [6, 6.07) is -4.27. The van der Waals surface area contributed by atoms with E-state index >= 15 is 0 Å². The lowest BCUT2D eigenvalue weighted by atomic mass is 10.1. The molecular formula is C17H31N7O8. The molecular weight excluding hydrogens is 430 g/mol. The van der Waals surface area contributed by atoms with Crippen molar-refractivity contribution in [2.75, 3.05) is 13.1 Å². The fourth-order valence-corrected chi connectivity index (χ4v) is 2.47. The number of carbonyl (C=O) groups is 5. The van der Waals surface area contributed by atoms with Crippen molar-refractivity contribution in [3.05, 3.63) is 0 Å². The Balaban J connectivity index is 5.25. The molecule has 0 bridgehead atoms. The second-order valence-electron chi connectivity index (χ2n) is 6.83. The molecule has 0 aliphatic carbocycles. The smallest absolute Gasteiger partial charge is 0.326 e. The molecule has 0 aromatic carbocycles. The molecule has 4 atom stereocenters. The largest absolute Gasteiger partial charge is 0.481 e. The van der Waals surface area contributed by atoms with Gasteiger partial charge < -0.3 is 48.5 Å². The molecule has 0 aliphatic rings. The van der Waals surface area contributed by atoms with Crippen LogP contribution in [0.3, 0.4) is 0 Å². The average Bonchev–Trinajstić information content (AvgIpc) is 2.69. The number of aliphatic imine (C=N–C) groups is 1. The van der Waals surface area contributed by atoms with Crippen molar-refractivity contribution in [3.8, 4) is 0 Å². The fourth-order valence-electron chi connectivity index (χ4n) is 2.47. The van der Waals surface area contributed by atoms with E-state index in [1.807, 2.05) is 0 Å². The zero-order chi connectivity index (χ0) is 24.8. The molecule has 0 spiro atoms. The van der Waals surface area contributed by atoms with Gasteiger partial charge in [0.15, 0.2) is 5.96 Å². The van der Waals surface area contributed by atoms with Crippen molar-refractivity contribution in [2.24, 2.45) is 22.2 Å². The van der Waals surface area contributed by atoms with Gasteiger partial charge >= 0.3 is 11.9 Å². The van der Waals surface area contributed by atoms with E-state index in [1.54, 1.807) is 0 Å². The van der Waals surface area contributed by atoms with Gasteiger partial charge in [-0.3, -0.25) is 24.2 Å². The molecule has 0 rings (SSSR count). The standard InChI is InChI=1S/C17H31N7O8/c1-8(25)13(15(30)23-10(16(31)32)3-2-6-21-17(19)20)24-14(29)9(4-5-12(27)28)22-11(26)7-18/h8-10,13,25H,2-7,18H2,1H3,(H,22,26)(H,23,30)(H,24,29)(H,27,28)(H,31,32)(H4,19,20,21). The number of amides is 3. The molecule has 0 saturated carbocycles. The second kappa shape index (κ2) is 14.5. The van der Waals surface area contributed by atoms with Crippen molar-refractivity contribution in [3.63, 3.8) is 0 Å². The first-order chi connectivity index (χ1) is 14.9. The molecule has 3 amide bonds. The number of nitrogens with two attached hydrogens (primary N) is 3. The van der Waals surface area contributed by atoms with Crippen molar-refractivity contribution >= 4 is 35.6 Å². The van der Waals surface area contributed by atoms with E-state index in [4.69, 9.17) is 22.3 Å². The van der Waals surface area contributed by atoms with E-state index in [0.717, 1.165) is 0 Å². The Labute approximate surface area is 183 Å². The number of aliphatic carboxylic acids is 2. The normalized spacial score (nSPS) is 14.2. The summed E-state index contributed by atoms with van der Waals surface area (Å²) in [5, 5.41) is 34.7. The van der Waals surface area contributed by atoms with E-state index in [9.17, 15) is 34.2 Å². The molecule has 0 aromatic heterocycles. The van der Waals surface area contributed by atoms with Gasteiger partial charge in [0.1, 0.15) is 18.1 Å². The number of hydrogen-bond acceptors (Lipinski definition) is 8. The zero-order valence-electron chi connectivity index (χ0n) is 17.6. The lowest BCUT2D eigenvalue weighted by Gasteiger charge is -2.25. The minimum absolute atomic E-state index is 0.0356. The lowest BCUT2D eigenvalue weighted by molar-refractivity contribution is -0.143.